The summed E-state index contributed by atoms with van der Waals surface area (Å²) in [7, 11) is 0. The maximum Gasteiger partial charge on any atom is 0.374 e. The number of rotatable bonds is 4. The van der Waals surface area contributed by atoms with Crippen molar-refractivity contribution in [3.05, 3.63) is 60.1 Å². The summed E-state index contributed by atoms with van der Waals surface area (Å²) >= 11 is 0. The second-order valence-corrected chi connectivity index (χ2v) is 4.23. The SMILES string of the molecule is O=C(COC(=O)c1cc2ccccc2o1)c1ccc[nH]1. The Labute approximate surface area is 114 Å². The first-order valence-electron chi connectivity index (χ1n) is 6.06. The molecular formula is C15H11NO4. The Kier molecular flexibility index (Phi) is 3.09. The smallest absolute Gasteiger partial charge is 0.374 e. The molecular weight excluding hydrogens is 258 g/mol. The van der Waals surface area contributed by atoms with Crippen LogP contribution in [0.25, 0.3) is 11.0 Å². The van der Waals surface area contributed by atoms with Crippen LogP contribution in [0.5, 0.6) is 0 Å². The number of benzene rings is 1. The van der Waals surface area contributed by atoms with E-state index in [-0.39, 0.29) is 18.2 Å². The van der Waals surface area contributed by atoms with E-state index in [0.717, 1.165) is 5.39 Å². The molecule has 0 bridgehead atoms. The molecule has 0 unspecified atom stereocenters. The van der Waals surface area contributed by atoms with E-state index in [0.29, 0.717) is 11.3 Å². The van der Waals surface area contributed by atoms with Crippen molar-refractivity contribution in [1.29, 1.82) is 0 Å². The van der Waals surface area contributed by atoms with E-state index >= 15 is 0 Å². The van der Waals surface area contributed by atoms with Gasteiger partial charge in [0.25, 0.3) is 0 Å². The van der Waals surface area contributed by atoms with Gasteiger partial charge in [-0.3, -0.25) is 4.79 Å². The summed E-state index contributed by atoms with van der Waals surface area (Å²) in [6, 6.07) is 12.2. The maximum atomic E-state index is 11.8. The van der Waals surface area contributed by atoms with Crippen LogP contribution >= 0.6 is 0 Å². The van der Waals surface area contributed by atoms with Gasteiger partial charge in [-0.1, -0.05) is 18.2 Å². The lowest BCUT2D eigenvalue weighted by Crippen LogP contribution is -2.14. The number of furan rings is 1. The van der Waals surface area contributed by atoms with Crippen molar-refractivity contribution in [1.82, 2.24) is 4.98 Å². The van der Waals surface area contributed by atoms with E-state index in [1.165, 1.54) is 0 Å². The van der Waals surface area contributed by atoms with E-state index in [4.69, 9.17) is 9.15 Å². The fourth-order valence-corrected chi connectivity index (χ4v) is 1.87. The molecule has 100 valence electrons. The standard InChI is InChI=1S/C15H11NO4/c17-12(11-5-3-7-16-11)9-19-15(18)14-8-10-4-1-2-6-13(10)20-14/h1-8,16H,9H2. The van der Waals surface area contributed by atoms with Gasteiger partial charge in [0.15, 0.2) is 6.61 Å². The Morgan fingerprint density at radius 2 is 2.00 bits per heavy atom. The number of aromatic nitrogens is 1. The molecule has 0 spiro atoms. The lowest BCUT2D eigenvalue weighted by Gasteiger charge is -2.00. The number of aromatic amines is 1. The molecule has 0 fully saturated rings. The molecule has 0 saturated heterocycles. The molecule has 5 nitrogen and oxygen atoms in total. The lowest BCUT2D eigenvalue weighted by molar-refractivity contribution is 0.0445. The summed E-state index contributed by atoms with van der Waals surface area (Å²) in [5, 5.41) is 0.815. The number of carbonyl (C=O) groups excluding carboxylic acids is 2. The summed E-state index contributed by atoms with van der Waals surface area (Å²) in [5.74, 6) is -0.856. The van der Waals surface area contributed by atoms with Crippen LogP contribution in [0.4, 0.5) is 0 Å². The van der Waals surface area contributed by atoms with Crippen LogP contribution < -0.4 is 0 Å². The molecule has 0 aliphatic heterocycles. The number of ketones is 1. The quantitative estimate of drug-likeness (QED) is 0.584. The first kappa shape index (κ1) is 12.2. The molecule has 0 radical (unpaired) electrons. The van der Waals surface area contributed by atoms with E-state index in [9.17, 15) is 9.59 Å². The van der Waals surface area contributed by atoms with Crippen molar-refractivity contribution < 1.29 is 18.7 Å². The first-order valence-corrected chi connectivity index (χ1v) is 6.06. The number of ether oxygens (including phenoxy) is 1. The summed E-state index contributed by atoms with van der Waals surface area (Å²) < 4.78 is 10.3. The molecule has 3 aromatic rings. The fraction of sp³-hybridized carbons (Fsp3) is 0.0667. The number of H-pyrrole nitrogens is 1. The molecule has 0 amide bonds. The third-order valence-electron chi connectivity index (χ3n) is 2.86. The van der Waals surface area contributed by atoms with Gasteiger partial charge in [0.05, 0.1) is 5.69 Å². The number of hydrogen-bond donors (Lipinski definition) is 1. The number of esters is 1. The first-order chi connectivity index (χ1) is 9.74. The molecule has 2 heterocycles. The molecule has 0 atom stereocenters. The number of para-hydroxylation sites is 1. The Morgan fingerprint density at radius 1 is 1.15 bits per heavy atom. The predicted molar refractivity (Wildman–Crippen MR) is 71.6 cm³/mol. The van der Waals surface area contributed by atoms with Crippen molar-refractivity contribution in [3.63, 3.8) is 0 Å². The van der Waals surface area contributed by atoms with Gasteiger partial charge in [-0.15, -0.1) is 0 Å². The summed E-state index contributed by atoms with van der Waals surface area (Å²) in [4.78, 5) is 26.2. The van der Waals surface area contributed by atoms with Crippen molar-refractivity contribution in [3.8, 4) is 0 Å². The van der Waals surface area contributed by atoms with Crippen molar-refractivity contribution in [2.24, 2.45) is 0 Å². The summed E-state index contributed by atoms with van der Waals surface area (Å²) in [6.45, 7) is -0.323. The minimum Gasteiger partial charge on any atom is -0.451 e. The molecule has 5 heteroatoms. The predicted octanol–water partition coefficient (Wildman–Crippen LogP) is 2.80. The Balaban J connectivity index is 1.68. The third kappa shape index (κ3) is 2.33. The van der Waals surface area contributed by atoms with Crippen LogP contribution in [0.15, 0.2) is 53.1 Å². The Hall–Kier alpha value is -2.82. The minimum absolute atomic E-state index is 0.0884. The normalized spacial score (nSPS) is 10.6. The summed E-state index contributed by atoms with van der Waals surface area (Å²) in [6.07, 6.45) is 1.63. The molecule has 0 aliphatic rings. The van der Waals surface area contributed by atoms with Crippen molar-refractivity contribution in [2.45, 2.75) is 0 Å². The van der Waals surface area contributed by atoms with E-state index in [1.54, 1.807) is 30.5 Å². The van der Waals surface area contributed by atoms with Gasteiger partial charge in [-0.2, -0.15) is 0 Å². The zero-order valence-electron chi connectivity index (χ0n) is 10.5. The molecule has 1 N–H and O–H groups in total. The number of nitrogens with one attached hydrogen (secondary N) is 1. The van der Waals surface area contributed by atoms with Gasteiger partial charge in [0.2, 0.25) is 11.5 Å². The van der Waals surface area contributed by atoms with Crippen LogP contribution in [0.1, 0.15) is 21.0 Å². The Bertz CT molecular complexity index is 722. The molecule has 0 saturated carbocycles. The minimum atomic E-state index is -0.652. The van der Waals surface area contributed by atoms with Crippen molar-refractivity contribution in [2.75, 3.05) is 6.61 Å². The van der Waals surface area contributed by atoms with Crippen LogP contribution in [-0.4, -0.2) is 23.3 Å². The fourth-order valence-electron chi connectivity index (χ4n) is 1.87. The number of carbonyl (C=O) groups is 2. The van der Waals surface area contributed by atoms with E-state index < -0.39 is 5.97 Å². The highest BCUT2D eigenvalue weighted by atomic mass is 16.5. The zero-order valence-corrected chi connectivity index (χ0v) is 10.5. The van der Waals surface area contributed by atoms with Crippen LogP contribution in [0.2, 0.25) is 0 Å². The van der Waals surface area contributed by atoms with Crippen LogP contribution in [-0.2, 0) is 4.74 Å². The van der Waals surface area contributed by atoms with Gasteiger partial charge in [0.1, 0.15) is 5.58 Å². The molecule has 0 aliphatic carbocycles. The van der Waals surface area contributed by atoms with Gasteiger partial charge in [-0.05, 0) is 24.3 Å². The Morgan fingerprint density at radius 3 is 2.75 bits per heavy atom. The van der Waals surface area contributed by atoms with E-state index in [2.05, 4.69) is 4.98 Å². The van der Waals surface area contributed by atoms with Gasteiger partial charge in [0, 0.05) is 11.6 Å². The lowest BCUT2D eigenvalue weighted by atomic mass is 10.2. The monoisotopic (exact) mass is 269 g/mol. The molecule has 20 heavy (non-hydrogen) atoms. The van der Waals surface area contributed by atoms with Crippen LogP contribution in [0, 0.1) is 0 Å². The molecule has 1 aromatic carbocycles. The number of fused-ring (bicyclic) bond motifs is 1. The topological polar surface area (TPSA) is 72.3 Å². The zero-order chi connectivity index (χ0) is 13.9. The van der Waals surface area contributed by atoms with E-state index in [1.807, 2.05) is 18.2 Å². The number of hydrogen-bond acceptors (Lipinski definition) is 4. The highest BCUT2D eigenvalue weighted by Gasteiger charge is 2.16. The third-order valence-corrected chi connectivity index (χ3v) is 2.86. The van der Waals surface area contributed by atoms with Crippen LogP contribution in [0.3, 0.4) is 0 Å². The second kappa shape index (κ2) is 5.05. The molecule has 3 rings (SSSR count). The second-order valence-electron chi connectivity index (χ2n) is 4.23. The molecule has 2 aromatic heterocycles. The average molecular weight is 269 g/mol. The average Bonchev–Trinajstić information content (AvgIpc) is 3.12. The maximum absolute atomic E-state index is 11.8. The van der Waals surface area contributed by atoms with Crippen molar-refractivity contribution >= 4 is 22.7 Å². The highest BCUT2D eigenvalue weighted by Crippen LogP contribution is 2.19. The summed E-state index contributed by atoms with van der Waals surface area (Å²) in [5.41, 5.74) is 1.01. The largest absolute Gasteiger partial charge is 0.451 e. The van der Waals surface area contributed by atoms with Gasteiger partial charge in [-0.25, -0.2) is 4.79 Å². The number of Topliss-reactive ketones (excluding diaryl/α,β-unsaturated/α-hetero) is 1. The van der Waals surface area contributed by atoms with Gasteiger partial charge < -0.3 is 14.1 Å². The highest BCUT2D eigenvalue weighted by molar-refractivity contribution is 5.98. The van der Waals surface area contributed by atoms with Gasteiger partial charge >= 0.3 is 5.97 Å².